The highest BCUT2D eigenvalue weighted by atomic mass is 14.8. The maximum atomic E-state index is 4.93. The Morgan fingerprint density at radius 3 is 2.33 bits per heavy atom. The van der Waals surface area contributed by atoms with Crippen molar-refractivity contribution in [3.05, 3.63) is 79.1 Å². The van der Waals surface area contributed by atoms with Gasteiger partial charge < -0.3 is 0 Å². The van der Waals surface area contributed by atoms with Crippen molar-refractivity contribution in [1.82, 2.24) is 15.0 Å². The summed E-state index contributed by atoms with van der Waals surface area (Å²) in [6.07, 6.45) is 3.63. The van der Waals surface area contributed by atoms with Crippen LogP contribution in [0.4, 0.5) is 0 Å². The van der Waals surface area contributed by atoms with Crippen LogP contribution in [0, 0.1) is 0 Å². The van der Waals surface area contributed by atoms with E-state index in [-0.39, 0.29) is 0 Å². The van der Waals surface area contributed by atoms with Crippen LogP contribution in [0.25, 0.3) is 44.0 Å². The predicted octanol–water partition coefficient (Wildman–Crippen LogP) is 5.00. The van der Waals surface area contributed by atoms with E-state index in [1.54, 1.807) is 0 Å². The molecule has 0 spiro atoms. The van der Waals surface area contributed by atoms with Crippen molar-refractivity contribution < 1.29 is 0 Å². The molecule has 0 N–H and O–H groups in total. The van der Waals surface area contributed by atoms with Gasteiger partial charge in [-0.15, -0.1) is 0 Å². The van der Waals surface area contributed by atoms with E-state index in [1.807, 2.05) is 36.7 Å². The summed E-state index contributed by atoms with van der Waals surface area (Å²) < 4.78 is 0. The standard InChI is InChI=1S/C21H13N3/c1-5-17(16-6-3-12-22-18(16)7-1)19-11-10-15-9-8-14-4-2-13-23-20(14)21(15)24-19/h1-13H. The molecule has 0 aliphatic heterocycles. The zero-order valence-electron chi connectivity index (χ0n) is 12.8. The van der Waals surface area contributed by atoms with Gasteiger partial charge in [-0.25, -0.2) is 4.98 Å². The summed E-state index contributed by atoms with van der Waals surface area (Å²) in [6.45, 7) is 0. The molecule has 0 saturated carbocycles. The number of fused-ring (bicyclic) bond motifs is 4. The lowest BCUT2D eigenvalue weighted by atomic mass is 10.0. The third kappa shape index (κ3) is 1.95. The van der Waals surface area contributed by atoms with E-state index in [9.17, 15) is 0 Å². The van der Waals surface area contributed by atoms with Gasteiger partial charge >= 0.3 is 0 Å². The van der Waals surface area contributed by atoms with E-state index < -0.39 is 0 Å². The predicted molar refractivity (Wildman–Crippen MR) is 97.8 cm³/mol. The number of hydrogen-bond donors (Lipinski definition) is 0. The molecule has 112 valence electrons. The van der Waals surface area contributed by atoms with Gasteiger partial charge in [0.2, 0.25) is 0 Å². The quantitative estimate of drug-likeness (QED) is 0.409. The van der Waals surface area contributed by atoms with Crippen molar-refractivity contribution in [2.45, 2.75) is 0 Å². The van der Waals surface area contributed by atoms with Crippen molar-refractivity contribution >= 4 is 32.7 Å². The van der Waals surface area contributed by atoms with Crippen LogP contribution in [0.1, 0.15) is 0 Å². The van der Waals surface area contributed by atoms with E-state index in [4.69, 9.17) is 4.98 Å². The van der Waals surface area contributed by atoms with Crippen LogP contribution in [0.2, 0.25) is 0 Å². The summed E-state index contributed by atoms with van der Waals surface area (Å²) in [6, 6.07) is 22.6. The van der Waals surface area contributed by atoms with Crippen LogP contribution < -0.4 is 0 Å². The molecule has 5 rings (SSSR count). The Hall–Kier alpha value is -3.33. The summed E-state index contributed by atoms with van der Waals surface area (Å²) in [5.41, 5.74) is 4.89. The fraction of sp³-hybridized carbons (Fsp3) is 0. The van der Waals surface area contributed by atoms with Gasteiger partial charge in [0.05, 0.1) is 22.2 Å². The zero-order chi connectivity index (χ0) is 15.9. The molecule has 2 aromatic carbocycles. The van der Waals surface area contributed by atoms with Crippen LogP contribution >= 0.6 is 0 Å². The highest BCUT2D eigenvalue weighted by Gasteiger charge is 2.08. The first-order chi connectivity index (χ1) is 11.9. The maximum absolute atomic E-state index is 4.93. The second-order valence-corrected chi connectivity index (χ2v) is 5.78. The average Bonchev–Trinajstić information content (AvgIpc) is 2.67. The maximum Gasteiger partial charge on any atom is 0.0972 e. The van der Waals surface area contributed by atoms with Crippen LogP contribution in [-0.2, 0) is 0 Å². The van der Waals surface area contributed by atoms with Crippen molar-refractivity contribution in [1.29, 1.82) is 0 Å². The van der Waals surface area contributed by atoms with Crippen molar-refractivity contribution in [3.63, 3.8) is 0 Å². The summed E-state index contributed by atoms with van der Waals surface area (Å²) in [5, 5.41) is 3.32. The largest absolute Gasteiger partial charge is 0.256 e. The number of nitrogens with zero attached hydrogens (tertiary/aromatic N) is 3. The minimum Gasteiger partial charge on any atom is -0.256 e. The van der Waals surface area contributed by atoms with E-state index in [0.29, 0.717) is 0 Å². The Morgan fingerprint density at radius 2 is 1.38 bits per heavy atom. The molecule has 5 aromatic rings. The number of aromatic nitrogens is 3. The van der Waals surface area contributed by atoms with Gasteiger partial charge in [-0.1, -0.05) is 42.5 Å². The van der Waals surface area contributed by atoms with Gasteiger partial charge in [0, 0.05) is 34.1 Å². The average molecular weight is 307 g/mol. The highest BCUT2D eigenvalue weighted by Crippen LogP contribution is 2.29. The Labute approximate surface area is 138 Å². The van der Waals surface area contributed by atoms with E-state index in [0.717, 1.165) is 44.0 Å². The Balaban J connectivity index is 1.85. The van der Waals surface area contributed by atoms with Gasteiger partial charge in [0.1, 0.15) is 0 Å². The molecule has 0 atom stereocenters. The molecule has 3 aromatic heterocycles. The van der Waals surface area contributed by atoms with Gasteiger partial charge in [0.15, 0.2) is 0 Å². The smallest absolute Gasteiger partial charge is 0.0972 e. The van der Waals surface area contributed by atoms with E-state index in [2.05, 4.69) is 52.4 Å². The summed E-state index contributed by atoms with van der Waals surface area (Å²) in [4.78, 5) is 13.9. The molecule has 24 heavy (non-hydrogen) atoms. The third-order valence-corrected chi connectivity index (χ3v) is 4.35. The molecule has 3 heterocycles. The molecule has 3 nitrogen and oxygen atoms in total. The van der Waals surface area contributed by atoms with Crippen LogP contribution in [-0.4, -0.2) is 15.0 Å². The molecule has 0 fully saturated rings. The fourth-order valence-corrected chi connectivity index (χ4v) is 3.20. The van der Waals surface area contributed by atoms with Crippen molar-refractivity contribution in [2.75, 3.05) is 0 Å². The molecular weight excluding hydrogens is 294 g/mol. The lowest BCUT2D eigenvalue weighted by molar-refractivity contribution is 1.37. The minimum atomic E-state index is 0.937. The van der Waals surface area contributed by atoms with Gasteiger partial charge in [-0.3, -0.25) is 9.97 Å². The van der Waals surface area contributed by atoms with Gasteiger partial charge in [-0.05, 0) is 24.3 Å². The minimum absolute atomic E-state index is 0.937. The number of pyridine rings is 3. The normalized spacial score (nSPS) is 11.3. The van der Waals surface area contributed by atoms with Crippen LogP contribution in [0.5, 0.6) is 0 Å². The second-order valence-electron chi connectivity index (χ2n) is 5.78. The molecule has 0 bridgehead atoms. The molecule has 0 aliphatic rings. The fourth-order valence-electron chi connectivity index (χ4n) is 3.20. The topological polar surface area (TPSA) is 38.7 Å². The molecular formula is C21H13N3. The number of hydrogen-bond acceptors (Lipinski definition) is 3. The summed E-state index contributed by atoms with van der Waals surface area (Å²) >= 11 is 0. The molecule has 0 unspecified atom stereocenters. The third-order valence-electron chi connectivity index (χ3n) is 4.35. The van der Waals surface area contributed by atoms with E-state index >= 15 is 0 Å². The molecule has 0 radical (unpaired) electrons. The summed E-state index contributed by atoms with van der Waals surface area (Å²) in [5.74, 6) is 0. The Morgan fingerprint density at radius 1 is 0.583 bits per heavy atom. The number of benzene rings is 2. The molecule has 0 aliphatic carbocycles. The lowest BCUT2D eigenvalue weighted by Crippen LogP contribution is -1.90. The molecule has 0 saturated heterocycles. The molecule has 3 heteroatoms. The highest BCUT2D eigenvalue weighted by molar-refractivity contribution is 6.04. The Bertz CT molecular complexity index is 1210. The summed E-state index contributed by atoms with van der Waals surface area (Å²) in [7, 11) is 0. The zero-order valence-corrected chi connectivity index (χ0v) is 12.8. The monoisotopic (exact) mass is 307 g/mol. The Kier molecular flexibility index (Phi) is 2.79. The first-order valence-electron chi connectivity index (χ1n) is 7.89. The van der Waals surface area contributed by atoms with E-state index in [1.165, 1.54) is 0 Å². The van der Waals surface area contributed by atoms with Gasteiger partial charge in [0.25, 0.3) is 0 Å². The van der Waals surface area contributed by atoms with Gasteiger partial charge in [-0.2, -0.15) is 0 Å². The van der Waals surface area contributed by atoms with Crippen LogP contribution in [0.15, 0.2) is 79.1 Å². The van der Waals surface area contributed by atoms with Crippen molar-refractivity contribution in [2.24, 2.45) is 0 Å². The first kappa shape index (κ1) is 13.1. The first-order valence-corrected chi connectivity index (χ1v) is 7.89. The second kappa shape index (κ2) is 5.10. The number of rotatable bonds is 1. The van der Waals surface area contributed by atoms with Crippen LogP contribution in [0.3, 0.4) is 0 Å². The molecule has 0 amide bonds. The van der Waals surface area contributed by atoms with Crippen molar-refractivity contribution in [3.8, 4) is 11.3 Å². The lowest BCUT2D eigenvalue weighted by Gasteiger charge is -2.08. The SMILES string of the molecule is c1cnc2c(c1)ccc1ccc(-c3cccc4ncccc34)nc12.